The van der Waals surface area contributed by atoms with Gasteiger partial charge < -0.3 is 5.32 Å². The maximum atomic E-state index is 4.80. The van der Waals surface area contributed by atoms with E-state index in [-0.39, 0.29) is 0 Å². The summed E-state index contributed by atoms with van der Waals surface area (Å²) in [6.07, 6.45) is 11.1. The number of hydrogen-bond donors (Lipinski definition) is 1. The number of nitrogens with zero attached hydrogens (tertiary/aromatic N) is 1. The molecule has 0 spiro atoms. The smallest absolute Gasteiger partial charge is 0.156 e. The fraction of sp³-hybridized carbons (Fsp3) is 0.650. The zero-order valence-electron chi connectivity index (χ0n) is 14.1. The molecule has 4 aliphatic carbocycles. The number of rotatable bonds is 4. The molecule has 0 aromatic heterocycles. The molecule has 0 amide bonds. The van der Waals surface area contributed by atoms with Gasteiger partial charge in [0.2, 0.25) is 0 Å². The molecule has 4 saturated carbocycles. The van der Waals surface area contributed by atoms with Gasteiger partial charge in [0, 0.05) is 6.54 Å². The topological polar surface area (TPSA) is 24.4 Å². The first kappa shape index (κ1) is 15.6. The molecule has 0 heterocycles. The minimum atomic E-state index is 0.581. The molecule has 0 saturated heterocycles. The van der Waals surface area contributed by atoms with Gasteiger partial charge in [-0.2, -0.15) is 0 Å². The fourth-order valence-corrected chi connectivity index (χ4v) is 6.12. The van der Waals surface area contributed by atoms with Crippen molar-refractivity contribution in [1.82, 2.24) is 5.32 Å². The molecule has 2 nitrogen and oxygen atoms in total. The second kappa shape index (κ2) is 6.51. The maximum Gasteiger partial charge on any atom is 0.156 e. The zero-order valence-corrected chi connectivity index (χ0v) is 14.9. The van der Waals surface area contributed by atoms with Crippen molar-refractivity contribution in [2.75, 3.05) is 12.8 Å². The van der Waals surface area contributed by atoms with Crippen LogP contribution in [0.5, 0.6) is 0 Å². The third-order valence-electron chi connectivity index (χ3n) is 6.22. The summed E-state index contributed by atoms with van der Waals surface area (Å²) in [5.74, 6) is 3.09. The minimum absolute atomic E-state index is 0.581. The Balaban J connectivity index is 1.37. The summed E-state index contributed by atoms with van der Waals surface area (Å²) in [5.41, 5.74) is 1.87. The van der Waals surface area contributed by atoms with Crippen LogP contribution in [0.1, 0.15) is 44.1 Å². The predicted molar refractivity (Wildman–Crippen MR) is 99.7 cm³/mol. The van der Waals surface area contributed by atoms with Crippen LogP contribution >= 0.6 is 11.8 Å². The lowest BCUT2D eigenvalue weighted by atomic mass is 9.49. The van der Waals surface area contributed by atoms with E-state index >= 15 is 0 Å². The van der Waals surface area contributed by atoms with Gasteiger partial charge >= 0.3 is 0 Å². The lowest BCUT2D eigenvalue weighted by molar-refractivity contribution is -0.0490. The highest BCUT2D eigenvalue weighted by Crippen LogP contribution is 2.59. The standard InChI is InChI=1S/C20H28N2S/c1-23-19(21-13-15-5-3-2-4-6-15)22-14-20-10-16-7-17(11-20)9-18(8-16)12-20/h2-6,16-18H,7-14H2,1H3,(H,21,22). The van der Waals surface area contributed by atoms with Crippen molar-refractivity contribution in [3.05, 3.63) is 35.9 Å². The van der Waals surface area contributed by atoms with Gasteiger partial charge in [0.05, 0.1) is 6.54 Å². The highest BCUT2D eigenvalue weighted by atomic mass is 32.2. The van der Waals surface area contributed by atoms with Gasteiger partial charge in [0.25, 0.3) is 0 Å². The second-order valence-corrected chi connectivity index (χ2v) is 8.88. The molecular formula is C20H28N2S. The van der Waals surface area contributed by atoms with E-state index in [0.29, 0.717) is 5.41 Å². The summed E-state index contributed by atoms with van der Waals surface area (Å²) in [7, 11) is 0. The third-order valence-corrected chi connectivity index (χ3v) is 6.88. The number of aliphatic imine (C=N–C) groups is 1. The minimum Gasteiger partial charge on any atom is -0.364 e. The molecule has 23 heavy (non-hydrogen) atoms. The molecule has 1 aromatic carbocycles. The molecule has 0 aliphatic heterocycles. The molecule has 4 fully saturated rings. The van der Waals surface area contributed by atoms with Crippen LogP contribution in [-0.4, -0.2) is 18.0 Å². The van der Waals surface area contributed by atoms with E-state index in [9.17, 15) is 0 Å². The van der Waals surface area contributed by atoms with Gasteiger partial charge in [-0.05, 0) is 73.5 Å². The molecule has 4 bridgehead atoms. The SMILES string of the molecule is CSC(=NCc1ccccc1)NCC12CC3CC(CC(C3)C1)C2. The van der Waals surface area contributed by atoms with Crippen LogP contribution < -0.4 is 5.32 Å². The Bertz CT molecular complexity index is 531. The molecule has 0 unspecified atom stereocenters. The Kier molecular flexibility index (Phi) is 4.40. The number of hydrogen-bond acceptors (Lipinski definition) is 2. The van der Waals surface area contributed by atoms with Crippen molar-refractivity contribution in [2.24, 2.45) is 28.2 Å². The lowest BCUT2D eigenvalue weighted by Crippen LogP contribution is -2.50. The molecular weight excluding hydrogens is 300 g/mol. The summed E-state index contributed by atoms with van der Waals surface area (Å²) in [5, 5.41) is 4.83. The molecule has 4 aliphatic rings. The van der Waals surface area contributed by atoms with Crippen molar-refractivity contribution in [2.45, 2.75) is 45.1 Å². The van der Waals surface area contributed by atoms with E-state index < -0.39 is 0 Å². The Morgan fingerprint density at radius 3 is 2.26 bits per heavy atom. The normalized spacial score (nSPS) is 35.5. The zero-order chi connectivity index (χ0) is 15.7. The quantitative estimate of drug-likeness (QED) is 0.639. The monoisotopic (exact) mass is 328 g/mol. The number of nitrogens with one attached hydrogen (secondary N) is 1. The first-order valence-corrected chi connectivity index (χ1v) is 10.3. The van der Waals surface area contributed by atoms with Crippen molar-refractivity contribution < 1.29 is 0 Å². The largest absolute Gasteiger partial charge is 0.364 e. The Morgan fingerprint density at radius 1 is 1.09 bits per heavy atom. The molecule has 5 rings (SSSR count). The maximum absolute atomic E-state index is 4.80. The number of benzene rings is 1. The van der Waals surface area contributed by atoms with E-state index in [0.717, 1.165) is 36.0 Å². The van der Waals surface area contributed by atoms with Crippen LogP contribution in [0, 0.1) is 23.2 Å². The van der Waals surface area contributed by atoms with Crippen LogP contribution in [0.2, 0.25) is 0 Å². The van der Waals surface area contributed by atoms with Gasteiger partial charge in [-0.3, -0.25) is 4.99 Å². The van der Waals surface area contributed by atoms with Crippen LogP contribution in [0.3, 0.4) is 0 Å². The summed E-state index contributed by atoms with van der Waals surface area (Å²) in [6, 6.07) is 10.5. The van der Waals surface area contributed by atoms with Gasteiger partial charge in [-0.15, -0.1) is 0 Å². The van der Waals surface area contributed by atoms with Crippen LogP contribution in [0.15, 0.2) is 35.3 Å². The Morgan fingerprint density at radius 2 is 1.70 bits per heavy atom. The van der Waals surface area contributed by atoms with Gasteiger partial charge in [-0.25, -0.2) is 0 Å². The van der Waals surface area contributed by atoms with Crippen molar-refractivity contribution in [1.29, 1.82) is 0 Å². The third kappa shape index (κ3) is 3.45. The second-order valence-electron chi connectivity index (χ2n) is 8.08. The molecule has 3 heteroatoms. The van der Waals surface area contributed by atoms with Gasteiger partial charge in [0.1, 0.15) is 0 Å². The van der Waals surface area contributed by atoms with E-state index in [1.165, 1.54) is 44.1 Å². The summed E-state index contributed by atoms with van der Waals surface area (Å²) < 4.78 is 0. The van der Waals surface area contributed by atoms with E-state index in [1.807, 2.05) is 0 Å². The molecule has 0 atom stereocenters. The molecule has 1 aromatic rings. The van der Waals surface area contributed by atoms with E-state index in [1.54, 1.807) is 11.8 Å². The Hall–Kier alpha value is -0.960. The molecule has 124 valence electrons. The number of amidine groups is 1. The molecule has 0 radical (unpaired) electrons. The Labute approximate surface area is 144 Å². The van der Waals surface area contributed by atoms with Crippen LogP contribution in [-0.2, 0) is 6.54 Å². The van der Waals surface area contributed by atoms with Crippen molar-refractivity contribution >= 4 is 16.9 Å². The number of thioether (sulfide) groups is 1. The summed E-state index contributed by atoms with van der Waals surface area (Å²) >= 11 is 1.76. The van der Waals surface area contributed by atoms with Crippen LogP contribution in [0.4, 0.5) is 0 Å². The van der Waals surface area contributed by atoms with Crippen LogP contribution in [0.25, 0.3) is 0 Å². The molecule has 1 N–H and O–H groups in total. The van der Waals surface area contributed by atoms with Crippen molar-refractivity contribution in [3.63, 3.8) is 0 Å². The highest BCUT2D eigenvalue weighted by Gasteiger charge is 2.50. The average molecular weight is 329 g/mol. The first-order chi connectivity index (χ1) is 11.2. The van der Waals surface area contributed by atoms with E-state index in [2.05, 4.69) is 41.9 Å². The summed E-state index contributed by atoms with van der Waals surface area (Å²) in [6.45, 7) is 1.93. The average Bonchev–Trinajstić information content (AvgIpc) is 2.55. The van der Waals surface area contributed by atoms with Gasteiger partial charge in [0.15, 0.2) is 5.17 Å². The fourth-order valence-electron chi connectivity index (χ4n) is 5.71. The predicted octanol–water partition coefficient (Wildman–Crippen LogP) is 4.71. The van der Waals surface area contributed by atoms with Gasteiger partial charge in [-0.1, -0.05) is 42.1 Å². The summed E-state index contributed by atoms with van der Waals surface area (Å²) in [4.78, 5) is 4.80. The lowest BCUT2D eigenvalue weighted by Gasteiger charge is -2.57. The van der Waals surface area contributed by atoms with E-state index in [4.69, 9.17) is 4.99 Å². The highest BCUT2D eigenvalue weighted by molar-refractivity contribution is 8.13. The van der Waals surface area contributed by atoms with Crippen molar-refractivity contribution in [3.8, 4) is 0 Å². The first-order valence-electron chi connectivity index (χ1n) is 9.11.